The molecule has 0 spiro atoms. The molecule has 3 nitrogen and oxygen atoms in total. The van der Waals surface area contributed by atoms with Gasteiger partial charge in [-0.15, -0.1) is 11.8 Å². The molecule has 0 radical (unpaired) electrons. The van der Waals surface area contributed by atoms with Gasteiger partial charge >= 0.3 is 5.97 Å². The zero-order valence-electron chi connectivity index (χ0n) is 12.4. The number of nitrogens with one attached hydrogen (secondary N) is 1. The van der Waals surface area contributed by atoms with Gasteiger partial charge in [0.1, 0.15) is 5.60 Å². The molecule has 1 aromatic rings. The van der Waals surface area contributed by atoms with Crippen LogP contribution in [0.25, 0.3) is 0 Å². The van der Waals surface area contributed by atoms with E-state index in [0.29, 0.717) is 5.75 Å². The average molecular weight is 293 g/mol. The molecule has 1 aliphatic carbocycles. The number of rotatable bonds is 6. The molecule has 20 heavy (non-hydrogen) atoms. The standard InChI is InChI=1S/C16H23NO2S/c1-16(2,3)19-15(18)11-20-14-8-4-12(5-9-14)10-17-13-6-7-13/h4-5,8-9,13,17H,6-7,10-11H2,1-3H3. The number of esters is 1. The van der Waals surface area contributed by atoms with Gasteiger partial charge in [-0.3, -0.25) is 4.79 Å². The van der Waals surface area contributed by atoms with Gasteiger partial charge in [0, 0.05) is 17.5 Å². The molecule has 0 saturated heterocycles. The Morgan fingerprint density at radius 2 is 1.95 bits per heavy atom. The highest BCUT2D eigenvalue weighted by molar-refractivity contribution is 8.00. The Hall–Kier alpha value is -1.00. The van der Waals surface area contributed by atoms with Crippen LogP contribution < -0.4 is 5.32 Å². The smallest absolute Gasteiger partial charge is 0.316 e. The highest BCUT2D eigenvalue weighted by Gasteiger charge is 2.19. The largest absolute Gasteiger partial charge is 0.459 e. The number of hydrogen-bond acceptors (Lipinski definition) is 4. The quantitative estimate of drug-likeness (QED) is 0.644. The summed E-state index contributed by atoms with van der Waals surface area (Å²) in [5, 5.41) is 3.49. The fourth-order valence-electron chi connectivity index (χ4n) is 1.77. The maximum absolute atomic E-state index is 11.6. The molecular formula is C16H23NO2S. The predicted molar refractivity (Wildman–Crippen MR) is 82.9 cm³/mol. The second-order valence-corrected chi connectivity index (χ2v) is 7.22. The van der Waals surface area contributed by atoms with E-state index in [9.17, 15) is 4.79 Å². The van der Waals surface area contributed by atoms with Crippen molar-refractivity contribution in [3.8, 4) is 0 Å². The number of hydrogen-bond donors (Lipinski definition) is 1. The zero-order chi connectivity index (χ0) is 14.6. The Morgan fingerprint density at radius 3 is 2.50 bits per heavy atom. The first-order valence-electron chi connectivity index (χ1n) is 7.09. The molecule has 1 aromatic carbocycles. The first-order chi connectivity index (χ1) is 9.42. The van der Waals surface area contributed by atoms with Crippen LogP contribution in [0.1, 0.15) is 39.2 Å². The highest BCUT2D eigenvalue weighted by Crippen LogP contribution is 2.21. The third-order valence-corrected chi connectivity index (χ3v) is 3.86. The molecule has 4 heteroatoms. The van der Waals surface area contributed by atoms with Crippen LogP contribution in [0.5, 0.6) is 0 Å². The van der Waals surface area contributed by atoms with E-state index in [1.165, 1.54) is 30.2 Å². The number of thioether (sulfide) groups is 1. The topological polar surface area (TPSA) is 38.3 Å². The number of carbonyl (C=O) groups is 1. The molecule has 2 rings (SSSR count). The lowest BCUT2D eigenvalue weighted by molar-refractivity contribution is -0.151. The second-order valence-electron chi connectivity index (χ2n) is 6.17. The van der Waals surface area contributed by atoms with Crippen molar-refractivity contribution < 1.29 is 9.53 Å². The van der Waals surface area contributed by atoms with E-state index in [1.807, 2.05) is 20.8 Å². The molecule has 0 atom stereocenters. The van der Waals surface area contributed by atoms with Crippen molar-refractivity contribution in [2.75, 3.05) is 5.75 Å². The maximum atomic E-state index is 11.6. The van der Waals surface area contributed by atoms with Crippen molar-refractivity contribution in [1.82, 2.24) is 5.32 Å². The first kappa shape index (κ1) is 15.4. The SMILES string of the molecule is CC(C)(C)OC(=O)CSc1ccc(CNC2CC2)cc1. The van der Waals surface area contributed by atoms with Crippen LogP contribution in [0.2, 0.25) is 0 Å². The fourth-order valence-corrected chi connectivity index (χ4v) is 2.44. The minimum Gasteiger partial charge on any atom is -0.459 e. The second kappa shape index (κ2) is 6.64. The molecule has 0 heterocycles. The molecule has 0 bridgehead atoms. The number of benzene rings is 1. The highest BCUT2D eigenvalue weighted by atomic mass is 32.2. The monoisotopic (exact) mass is 293 g/mol. The van der Waals surface area contributed by atoms with Gasteiger partial charge < -0.3 is 10.1 Å². The van der Waals surface area contributed by atoms with E-state index >= 15 is 0 Å². The summed E-state index contributed by atoms with van der Waals surface area (Å²) in [5.74, 6) is 0.193. The Morgan fingerprint density at radius 1 is 1.30 bits per heavy atom. The summed E-state index contributed by atoms with van der Waals surface area (Å²) in [7, 11) is 0. The van der Waals surface area contributed by atoms with Crippen molar-refractivity contribution in [3.63, 3.8) is 0 Å². The molecule has 0 unspecified atom stereocenters. The van der Waals surface area contributed by atoms with Crippen LogP contribution in [-0.4, -0.2) is 23.4 Å². The third kappa shape index (κ3) is 5.97. The summed E-state index contributed by atoms with van der Waals surface area (Å²) in [6.45, 7) is 6.59. The summed E-state index contributed by atoms with van der Waals surface area (Å²) in [6, 6.07) is 9.11. The van der Waals surface area contributed by atoms with Gasteiger partial charge in [0.15, 0.2) is 0 Å². The van der Waals surface area contributed by atoms with E-state index in [4.69, 9.17) is 4.74 Å². The van der Waals surface area contributed by atoms with E-state index in [1.54, 1.807) is 0 Å². The van der Waals surface area contributed by atoms with Crippen LogP contribution in [0.4, 0.5) is 0 Å². The van der Waals surface area contributed by atoms with E-state index in [0.717, 1.165) is 17.5 Å². The van der Waals surface area contributed by atoms with Crippen molar-refractivity contribution >= 4 is 17.7 Å². The van der Waals surface area contributed by atoms with Crippen LogP contribution in [-0.2, 0) is 16.1 Å². The summed E-state index contributed by atoms with van der Waals surface area (Å²) >= 11 is 1.52. The molecule has 0 amide bonds. The minimum absolute atomic E-state index is 0.165. The van der Waals surface area contributed by atoms with E-state index in [-0.39, 0.29) is 5.97 Å². The Balaban J connectivity index is 1.73. The summed E-state index contributed by atoms with van der Waals surface area (Å²) < 4.78 is 5.29. The van der Waals surface area contributed by atoms with Gasteiger partial charge in [-0.1, -0.05) is 12.1 Å². The lowest BCUT2D eigenvalue weighted by Gasteiger charge is -2.19. The van der Waals surface area contributed by atoms with Crippen molar-refractivity contribution in [3.05, 3.63) is 29.8 Å². The summed E-state index contributed by atoms with van der Waals surface area (Å²) in [6.07, 6.45) is 2.62. The minimum atomic E-state index is -0.407. The fraction of sp³-hybridized carbons (Fsp3) is 0.562. The molecular weight excluding hydrogens is 270 g/mol. The van der Waals surface area contributed by atoms with Gasteiger partial charge in [-0.2, -0.15) is 0 Å². The van der Waals surface area contributed by atoms with Crippen molar-refractivity contribution in [2.24, 2.45) is 0 Å². The van der Waals surface area contributed by atoms with Crippen molar-refractivity contribution in [1.29, 1.82) is 0 Å². The Bertz CT molecular complexity index is 447. The lowest BCUT2D eigenvalue weighted by Crippen LogP contribution is -2.24. The van der Waals surface area contributed by atoms with Gasteiger partial charge in [0.2, 0.25) is 0 Å². The zero-order valence-corrected chi connectivity index (χ0v) is 13.3. The molecule has 0 aliphatic heterocycles. The number of ether oxygens (including phenoxy) is 1. The van der Waals surface area contributed by atoms with Crippen LogP contribution in [0.15, 0.2) is 29.2 Å². The molecule has 0 aromatic heterocycles. The predicted octanol–water partition coefficient (Wildman–Crippen LogP) is 3.37. The number of carbonyl (C=O) groups excluding carboxylic acids is 1. The van der Waals surface area contributed by atoms with E-state index < -0.39 is 5.60 Å². The molecule has 1 fully saturated rings. The third-order valence-electron chi connectivity index (χ3n) is 2.87. The lowest BCUT2D eigenvalue weighted by atomic mass is 10.2. The molecule has 1 aliphatic rings. The van der Waals surface area contributed by atoms with Crippen LogP contribution >= 0.6 is 11.8 Å². The van der Waals surface area contributed by atoms with Gasteiger partial charge in [-0.05, 0) is 51.3 Å². The molecule has 110 valence electrons. The van der Waals surface area contributed by atoms with Gasteiger partial charge in [-0.25, -0.2) is 0 Å². The van der Waals surface area contributed by atoms with E-state index in [2.05, 4.69) is 29.6 Å². The first-order valence-corrected chi connectivity index (χ1v) is 8.08. The average Bonchev–Trinajstić information content (AvgIpc) is 3.17. The molecule has 1 saturated carbocycles. The van der Waals surface area contributed by atoms with Gasteiger partial charge in [0.25, 0.3) is 0 Å². The van der Waals surface area contributed by atoms with Crippen molar-refractivity contribution in [2.45, 2.75) is 56.7 Å². The summed E-state index contributed by atoms with van der Waals surface area (Å²) in [5.41, 5.74) is 0.884. The summed E-state index contributed by atoms with van der Waals surface area (Å²) in [4.78, 5) is 12.7. The molecule has 1 N–H and O–H groups in total. The van der Waals surface area contributed by atoms with Crippen LogP contribution in [0, 0.1) is 0 Å². The van der Waals surface area contributed by atoms with Crippen LogP contribution in [0.3, 0.4) is 0 Å². The van der Waals surface area contributed by atoms with Gasteiger partial charge in [0.05, 0.1) is 5.75 Å². The Kier molecular flexibility index (Phi) is 5.11. The Labute approximate surface area is 125 Å². The normalized spacial score (nSPS) is 15.2. The maximum Gasteiger partial charge on any atom is 0.316 e.